The fraction of sp³-hybridized carbons (Fsp3) is 0.714. The third-order valence-corrected chi connectivity index (χ3v) is 4.50. The number of piperazine rings is 1. The monoisotopic (exact) mass is 252 g/mol. The second-order valence-corrected chi connectivity index (χ2v) is 7.03. The Labute approximate surface area is 109 Å². The van der Waals surface area contributed by atoms with Gasteiger partial charge in [-0.15, -0.1) is 11.3 Å². The molecule has 2 rings (SSSR count). The van der Waals surface area contributed by atoms with Crippen LogP contribution in [0.15, 0.2) is 17.5 Å². The van der Waals surface area contributed by atoms with Crippen LogP contribution in [0.25, 0.3) is 0 Å². The summed E-state index contributed by atoms with van der Waals surface area (Å²) in [6.45, 7) is 11.7. The smallest absolute Gasteiger partial charge is 0.0244 e. The van der Waals surface area contributed by atoms with Crippen LogP contribution in [0, 0.1) is 5.41 Å². The van der Waals surface area contributed by atoms with Crippen molar-refractivity contribution in [1.29, 1.82) is 0 Å². The minimum absolute atomic E-state index is 0.363. The van der Waals surface area contributed by atoms with Crippen LogP contribution in [0.3, 0.4) is 0 Å². The summed E-state index contributed by atoms with van der Waals surface area (Å²) in [6, 6.07) is 5.02. The summed E-state index contributed by atoms with van der Waals surface area (Å²) in [4.78, 5) is 4.11. The van der Waals surface area contributed by atoms with Crippen molar-refractivity contribution in [2.24, 2.45) is 5.41 Å². The first-order valence-corrected chi connectivity index (χ1v) is 7.42. The number of hydrogen-bond donors (Lipinski definition) is 1. The number of rotatable bonds is 3. The fourth-order valence-corrected chi connectivity index (χ4v) is 3.02. The number of nitrogens with zero attached hydrogens (tertiary/aromatic N) is 1. The predicted molar refractivity (Wildman–Crippen MR) is 75.7 cm³/mol. The minimum atomic E-state index is 0.363. The summed E-state index contributed by atoms with van der Waals surface area (Å²) >= 11 is 1.88. The van der Waals surface area contributed by atoms with Crippen LogP contribution in [0.2, 0.25) is 0 Å². The molecule has 1 aliphatic rings. The van der Waals surface area contributed by atoms with Crippen LogP contribution < -0.4 is 5.32 Å². The minimum Gasteiger partial charge on any atom is -0.311 e. The van der Waals surface area contributed by atoms with Gasteiger partial charge in [-0.25, -0.2) is 0 Å². The molecule has 0 saturated carbocycles. The van der Waals surface area contributed by atoms with Crippen LogP contribution in [-0.2, 0) is 6.42 Å². The Bertz CT molecular complexity index is 326. The molecule has 0 spiro atoms. The standard InChI is InChI=1S/C14H24N2S/c1-14(2,3)13-11-16(9-7-15-13)8-6-12-5-4-10-17-12/h4-5,10,13,15H,6-9,11H2,1-3H3. The lowest BCUT2D eigenvalue weighted by Crippen LogP contribution is -2.56. The zero-order chi connectivity index (χ0) is 12.3. The first-order valence-electron chi connectivity index (χ1n) is 6.54. The van der Waals surface area contributed by atoms with E-state index in [1.54, 1.807) is 0 Å². The highest BCUT2D eigenvalue weighted by Gasteiger charge is 2.28. The van der Waals surface area contributed by atoms with Gasteiger partial charge in [0.05, 0.1) is 0 Å². The van der Waals surface area contributed by atoms with E-state index in [2.05, 4.69) is 48.5 Å². The molecule has 1 saturated heterocycles. The van der Waals surface area contributed by atoms with E-state index >= 15 is 0 Å². The molecule has 2 heterocycles. The van der Waals surface area contributed by atoms with Gasteiger partial charge >= 0.3 is 0 Å². The molecule has 0 bridgehead atoms. The highest BCUT2D eigenvalue weighted by molar-refractivity contribution is 7.09. The molecule has 2 nitrogen and oxygen atoms in total. The Balaban J connectivity index is 1.81. The Morgan fingerprint density at radius 3 is 2.94 bits per heavy atom. The highest BCUT2D eigenvalue weighted by atomic mass is 32.1. The molecule has 1 aliphatic heterocycles. The first kappa shape index (κ1) is 13.1. The van der Waals surface area contributed by atoms with Crippen LogP contribution in [0.4, 0.5) is 0 Å². The highest BCUT2D eigenvalue weighted by Crippen LogP contribution is 2.22. The van der Waals surface area contributed by atoms with Crippen molar-refractivity contribution in [3.8, 4) is 0 Å². The van der Waals surface area contributed by atoms with Crippen molar-refractivity contribution < 1.29 is 0 Å². The second kappa shape index (κ2) is 5.51. The van der Waals surface area contributed by atoms with Crippen LogP contribution in [0.1, 0.15) is 25.6 Å². The average molecular weight is 252 g/mol. The van der Waals surface area contributed by atoms with Crippen LogP contribution >= 0.6 is 11.3 Å². The topological polar surface area (TPSA) is 15.3 Å². The molecular weight excluding hydrogens is 228 g/mol. The Morgan fingerprint density at radius 2 is 2.29 bits per heavy atom. The van der Waals surface area contributed by atoms with Gasteiger partial charge < -0.3 is 10.2 Å². The summed E-state index contributed by atoms with van der Waals surface area (Å²) < 4.78 is 0. The molecule has 1 N–H and O–H groups in total. The van der Waals surface area contributed by atoms with E-state index in [9.17, 15) is 0 Å². The summed E-state index contributed by atoms with van der Waals surface area (Å²) in [5.41, 5.74) is 0.363. The third kappa shape index (κ3) is 3.80. The van der Waals surface area contributed by atoms with Crippen molar-refractivity contribution in [3.05, 3.63) is 22.4 Å². The molecule has 1 aromatic heterocycles. The van der Waals surface area contributed by atoms with Gasteiger partial charge in [0, 0.05) is 37.1 Å². The zero-order valence-corrected chi connectivity index (χ0v) is 12.0. The lowest BCUT2D eigenvalue weighted by atomic mass is 9.85. The maximum Gasteiger partial charge on any atom is 0.0244 e. The molecule has 96 valence electrons. The molecule has 1 fully saturated rings. The van der Waals surface area contributed by atoms with E-state index in [-0.39, 0.29) is 0 Å². The summed E-state index contributed by atoms with van der Waals surface area (Å²) in [5.74, 6) is 0. The lowest BCUT2D eigenvalue weighted by Gasteiger charge is -2.40. The largest absolute Gasteiger partial charge is 0.311 e. The molecule has 0 radical (unpaired) electrons. The fourth-order valence-electron chi connectivity index (χ4n) is 2.32. The zero-order valence-electron chi connectivity index (χ0n) is 11.2. The van der Waals surface area contributed by atoms with E-state index in [0.29, 0.717) is 11.5 Å². The number of thiophene rings is 1. The van der Waals surface area contributed by atoms with Gasteiger partial charge in [-0.05, 0) is 23.3 Å². The first-order chi connectivity index (χ1) is 8.05. The molecule has 1 aromatic rings. The normalized spacial score (nSPS) is 22.9. The van der Waals surface area contributed by atoms with Gasteiger partial charge in [-0.2, -0.15) is 0 Å². The van der Waals surface area contributed by atoms with Gasteiger partial charge in [0.1, 0.15) is 0 Å². The Morgan fingerprint density at radius 1 is 1.47 bits per heavy atom. The Hall–Kier alpha value is -0.380. The van der Waals surface area contributed by atoms with Crippen molar-refractivity contribution in [2.75, 3.05) is 26.2 Å². The molecular formula is C14H24N2S. The van der Waals surface area contributed by atoms with Crippen molar-refractivity contribution in [1.82, 2.24) is 10.2 Å². The van der Waals surface area contributed by atoms with Crippen molar-refractivity contribution in [2.45, 2.75) is 33.2 Å². The maximum atomic E-state index is 3.64. The quantitative estimate of drug-likeness (QED) is 0.889. The molecule has 0 amide bonds. The van der Waals surface area contributed by atoms with Crippen molar-refractivity contribution in [3.63, 3.8) is 0 Å². The van der Waals surface area contributed by atoms with Gasteiger partial charge in [0.25, 0.3) is 0 Å². The van der Waals surface area contributed by atoms with E-state index < -0.39 is 0 Å². The van der Waals surface area contributed by atoms with Gasteiger partial charge in [0.2, 0.25) is 0 Å². The van der Waals surface area contributed by atoms with Crippen LogP contribution in [-0.4, -0.2) is 37.1 Å². The summed E-state index contributed by atoms with van der Waals surface area (Å²) in [5, 5.41) is 5.81. The third-order valence-electron chi connectivity index (χ3n) is 3.56. The van der Waals surface area contributed by atoms with Crippen molar-refractivity contribution >= 4 is 11.3 Å². The summed E-state index contributed by atoms with van der Waals surface area (Å²) in [6.07, 6.45) is 1.20. The Kier molecular flexibility index (Phi) is 4.23. The predicted octanol–water partition coefficient (Wildman–Crippen LogP) is 2.61. The SMILES string of the molecule is CC(C)(C)C1CN(CCc2cccs2)CCN1. The van der Waals surface area contributed by atoms with E-state index in [1.165, 1.54) is 30.9 Å². The molecule has 3 heteroatoms. The number of nitrogens with one attached hydrogen (secondary N) is 1. The molecule has 17 heavy (non-hydrogen) atoms. The van der Waals surface area contributed by atoms with Crippen LogP contribution in [0.5, 0.6) is 0 Å². The molecule has 1 atom stereocenters. The molecule has 0 aromatic carbocycles. The van der Waals surface area contributed by atoms with Gasteiger partial charge in [-0.3, -0.25) is 0 Å². The average Bonchev–Trinajstić information content (AvgIpc) is 2.78. The molecule has 0 aliphatic carbocycles. The van der Waals surface area contributed by atoms with Gasteiger partial charge in [-0.1, -0.05) is 26.8 Å². The van der Waals surface area contributed by atoms with E-state index in [1.807, 2.05) is 11.3 Å². The van der Waals surface area contributed by atoms with Gasteiger partial charge in [0.15, 0.2) is 0 Å². The lowest BCUT2D eigenvalue weighted by molar-refractivity contribution is 0.136. The number of hydrogen-bond acceptors (Lipinski definition) is 3. The maximum absolute atomic E-state index is 3.64. The van der Waals surface area contributed by atoms with E-state index in [0.717, 1.165) is 6.54 Å². The van der Waals surface area contributed by atoms with E-state index in [4.69, 9.17) is 0 Å². The summed E-state index contributed by atoms with van der Waals surface area (Å²) in [7, 11) is 0. The second-order valence-electron chi connectivity index (χ2n) is 6.00. The molecule has 1 unspecified atom stereocenters.